The van der Waals surface area contributed by atoms with Crippen LogP contribution in [0, 0.1) is 0 Å². The molecule has 1 rings (SSSR count). The van der Waals surface area contributed by atoms with Gasteiger partial charge in [0.1, 0.15) is 0 Å². The van der Waals surface area contributed by atoms with Gasteiger partial charge in [-0.1, -0.05) is 29.4 Å². The Hall–Kier alpha value is -0.920. The fraction of sp³-hybridized carbons (Fsp3) is 0.300. The molecule has 4 heteroatoms. The van der Waals surface area contributed by atoms with E-state index in [9.17, 15) is 0 Å². The van der Waals surface area contributed by atoms with Gasteiger partial charge in [0.15, 0.2) is 0 Å². The summed E-state index contributed by atoms with van der Waals surface area (Å²) in [6.45, 7) is 4.81. The van der Waals surface area contributed by atoms with Crippen LogP contribution in [0.25, 0.3) is 0 Å². The monoisotopic (exact) mass is 211 g/mol. The first-order valence-electron chi connectivity index (χ1n) is 4.42. The van der Waals surface area contributed by atoms with Gasteiger partial charge in [0.05, 0.1) is 14.4 Å². The van der Waals surface area contributed by atoms with Gasteiger partial charge < -0.3 is 9.73 Å². The van der Waals surface area contributed by atoms with Gasteiger partial charge in [0.2, 0.25) is 0 Å². The van der Waals surface area contributed by atoms with Crippen LogP contribution in [0.15, 0.2) is 29.4 Å². The largest absolute Gasteiger partial charge is 0.411 e. The Labute approximate surface area is 85.2 Å². The molecule has 0 fully saturated rings. The number of benzene rings is 1. The van der Waals surface area contributed by atoms with Crippen LogP contribution in [0.2, 0.25) is 0 Å². The predicted molar refractivity (Wildman–Crippen MR) is 59.9 cm³/mol. The Morgan fingerprint density at radius 3 is 2.57 bits per heavy atom. The van der Waals surface area contributed by atoms with Crippen molar-refractivity contribution in [1.82, 2.24) is 0 Å². The van der Waals surface area contributed by atoms with Gasteiger partial charge in [-0.2, -0.15) is 0 Å². The molecule has 0 saturated carbocycles. The first kappa shape index (κ1) is 11.2. The van der Waals surface area contributed by atoms with Crippen LogP contribution in [-0.4, -0.2) is 24.7 Å². The van der Waals surface area contributed by atoms with Crippen molar-refractivity contribution in [3.05, 3.63) is 29.8 Å². The van der Waals surface area contributed by atoms with Gasteiger partial charge in [0.25, 0.3) is 0 Å². The lowest BCUT2D eigenvalue weighted by atomic mass is 10.2. The highest BCUT2D eigenvalue weighted by atomic mass is 31.1. The summed E-state index contributed by atoms with van der Waals surface area (Å²) >= 11 is 0. The Morgan fingerprint density at radius 1 is 1.43 bits per heavy atom. The fourth-order valence-electron chi connectivity index (χ4n) is 1.11. The van der Waals surface area contributed by atoms with Crippen molar-refractivity contribution in [2.24, 2.45) is 5.16 Å². The molecule has 76 valence electrons. The molecule has 0 amide bonds. The molecule has 0 aliphatic carbocycles. The number of hydrogen-bond acceptors (Lipinski definition) is 3. The second-order valence-electron chi connectivity index (χ2n) is 2.75. The molecular formula is C10H14NO2P. The Bertz CT molecular complexity index is 297. The molecule has 0 spiro atoms. The molecule has 0 aliphatic heterocycles. The maximum atomic E-state index is 8.33. The van der Waals surface area contributed by atoms with Crippen LogP contribution in [0.5, 0.6) is 0 Å². The minimum Gasteiger partial charge on any atom is -0.411 e. The SMILES string of the molecule is CCOP(C)c1ccc(/C=N/O)cc1. The van der Waals surface area contributed by atoms with Crippen LogP contribution >= 0.6 is 8.15 Å². The highest BCUT2D eigenvalue weighted by molar-refractivity contribution is 7.60. The molecule has 3 nitrogen and oxygen atoms in total. The summed E-state index contributed by atoms with van der Waals surface area (Å²) in [5, 5.41) is 12.5. The zero-order chi connectivity index (χ0) is 10.4. The molecule has 1 aromatic carbocycles. The van der Waals surface area contributed by atoms with E-state index in [0.717, 1.165) is 12.2 Å². The van der Waals surface area contributed by atoms with E-state index in [2.05, 4.69) is 11.8 Å². The third-order valence-electron chi connectivity index (χ3n) is 1.79. The minimum absolute atomic E-state index is 0.504. The first-order valence-corrected chi connectivity index (χ1v) is 6.12. The lowest BCUT2D eigenvalue weighted by Crippen LogP contribution is -2.02. The predicted octanol–water partition coefficient (Wildman–Crippen LogP) is 2.18. The summed E-state index contributed by atoms with van der Waals surface area (Å²) in [6, 6.07) is 7.82. The molecule has 0 bridgehead atoms. The topological polar surface area (TPSA) is 41.8 Å². The van der Waals surface area contributed by atoms with Gasteiger partial charge in [-0.15, -0.1) is 0 Å². The van der Waals surface area contributed by atoms with Crippen molar-refractivity contribution in [2.75, 3.05) is 13.3 Å². The molecule has 1 aromatic rings. The zero-order valence-corrected chi connectivity index (χ0v) is 9.24. The van der Waals surface area contributed by atoms with Crippen molar-refractivity contribution in [1.29, 1.82) is 0 Å². The smallest absolute Gasteiger partial charge is 0.0733 e. The molecule has 1 N–H and O–H groups in total. The fourth-order valence-corrected chi connectivity index (χ4v) is 2.21. The highest BCUT2D eigenvalue weighted by Crippen LogP contribution is 2.30. The van der Waals surface area contributed by atoms with Gasteiger partial charge in [-0.25, -0.2) is 0 Å². The van der Waals surface area contributed by atoms with E-state index in [0.29, 0.717) is 0 Å². The second kappa shape index (κ2) is 5.74. The Kier molecular flexibility index (Phi) is 4.57. The number of rotatable bonds is 4. The summed E-state index contributed by atoms with van der Waals surface area (Å²) < 4.78 is 5.51. The van der Waals surface area contributed by atoms with E-state index < -0.39 is 8.15 Å². The van der Waals surface area contributed by atoms with Gasteiger partial charge in [-0.3, -0.25) is 0 Å². The van der Waals surface area contributed by atoms with E-state index >= 15 is 0 Å². The number of hydrogen-bond donors (Lipinski definition) is 1. The van der Waals surface area contributed by atoms with Crippen molar-refractivity contribution >= 4 is 19.7 Å². The lowest BCUT2D eigenvalue weighted by Gasteiger charge is -2.11. The standard InChI is InChI=1S/C10H14NO2P/c1-3-13-14(2)10-6-4-9(5-7-10)8-11-12/h4-8,12H,3H2,1-2H3/b11-8+. The zero-order valence-electron chi connectivity index (χ0n) is 8.34. The first-order chi connectivity index (χ1) is 6.77. The average Bonchev–Trinajstić information content (AvgIpc) is 2.20. The minimum atomic E-state index is -0.504. The van der Waals surface area contributed by atoms with Crippen LogP contribution in [0.4, 0.5) is 0 Å². The third-order valence-corrected chi connectivity index (χ3v) is 3.46. The van der Waals surface area contributed by atoms with Crippen LogP contribution < -0.4 is 5.30 Å². The van der Waals surface area contributed by atoms with Crippen molar-refractivity contribution in [3.63, 3.8) is 0 Å². The quantitative estimate of drug-likeness (QED) is 0.359. The van der Waals surface area contributed by atoms with E-state index in [1.165, 1.54) is 11.5 Å². The molecular weight excluding hydrogens is 197 g/mol. The maximum absolute atomic E-state index is 8.33. The van der Waals surface area contributed by atoms with Crippen LogP contribution in [0.3, 0.4) is 0 Å². The molecule has 0 radical (unpaired) electrons. The molecule has 0 saturated heterocycles. The lowest BCUT2D eigenvalue weighted by molar-refractivity contribution is 0.322. The summed E-state index contributed by atoms with van der Waals surface area (Å²) in [6.07, 6.45) is 1.41. The number of nitrogens with zero attached hydrogens (tertiary/aromatic N) is 1. The van der Waals surface area contributed by atoms with Crippen molar-refractivity contribution in [3.8, 4) is 0 Å². The van der Waals surface area contributed by atoms with Crippen molar-refractivity contribution in [2.45, 2.75) is 6.92 Å². The Morgan fingerprint density at radius 2 is 2.07 bits per heavy atom. The molecule has 14 heavy (non-hydrogen) atoms. The number of oxime groups is 1. The summed E-state index contributed by atoms with van der Waals surface area (Å²) in [4.78, 5) is 0. The molecule has 0 aliphatic rings. The summed E-state index contributed by atoms with van der Waals surface area (Å²) in [5.41, 5.74) is 0.885. The van der Waals surface area contributed by atoms with E-state index in [1.807, 2.05) is 31.2 Å². The third kappa shape index (κ3) is 3.09. The molecule has 0 heterocycles. The van der Waals surface area contributed by atoms with Gasteiger partial charge in [-0.05, 0) is 19.2 Å². The summed E-state index contributed by atoms with van der Waals surface area (Å²) in [5.74, 6) is 0. The molecule has 0 aromatic heterocycles. The molecule has 1 unspecified atom stereocenters. The van der Waals surface area contributed by atoms with E-state index in [1.54, 1.807) is 0 Å². The van der Waals surface area contributed by atoms with Gasteiger partial charge >= 0.3 is 0 Å². The second-order valence-corrected chi connectivity index (χ2v) is 4.52. The van der Waals surface area contributed by atoms with Crippen LogP contribution in [-0.2, 0) is 4.52 Å². The molecule has 1 atom stereocenters. The van der Waals surface area contributed by atoms with E-state index in [4.69, 9.17) is 9.73 Å². The van der Waals surface area contributed by atoms with Crippen LogP contribution in [0.1, 0.15) is 12.5 Å². The normalized spacial score (nSPS) is 13.3. The maximum Gasteiger partial charge on any atom is 0.0733 e. The average molecular weight is 211 g/mol. The Balaban J connectivity index is 2.72. The van der Waals surface area contributed by atoms with Gasteiger partial charge in [0, 0.05) is 11.9 Å². The summed E-state index contributed by atoms with van der Waals surface area (Å²) in [7, 11) is -0.504. The highest BCUT2D eigenvalue weighted by Gasteiger charge is 2.03. The van der Waals surface area contributed by atoms with E-state index in [-0.39, 0.29) is 0 Å². The van der Waals surface area contributed by atoms with Crippen molar-refractivity contribution < 1.29 is 9.73 Å².